The number of nitrogens with one attached hydrogen (secondary N) is 1. The summed E-state index contributed by atoms with van der Waals surface area (Å²) in [7, 11) is 0. The molecule has 18 heavy (non-hydrogen) atoms. The monoisotopic (exact) mass is 252 g/mol. The molecule has 3 unspecified atom stereocenters. The number of hydrogen-bond acceptors (Lipinski definition) is 3. The second-order valence-corrected chi connectivity index (χ2v) is 6.73. The Morgan fingerprint density at radius 3 is 2.11 bits per heavy atom. The number of nitrogens with zero attached hydrogens (tertiary/aromatic N) is 1. The molecule has 1 aliphatic heterocycles. The fraction of sp³-hybridized carbons (Fsp3) is 0.857. The molecule has 1 saturated heterocycles. The van der Waals surface area contributed by atoms with E-state index in [0.717, 1.165) is 6.54 Å². The van der Waals surface area contributed by atoms with E-state index in [4.69, 9.17) is 0 Å². The second kappa shape index (κ2) is 4.34. The molecule has 4 heteroatoms. The number of carbonyl (C=O) groups excluding carboxylic acids is 2. The zero-order chi connectivity index (χ0) is 13.7. The number of rotatable bonds is 5. The Balaban J connectivity index is 1.89. The molecule has 3 atom stereocenters. The van der Waals surface area contributed by atoms with Gasteiger partial charge in [0.1, 0.15) is 0 Å². The van der Waals surface area contributed by atoms with Gasteiger partial charge in [0.05, 0.1) is 11.8 Å². The molecule has 1 saturated carbocycles. The van der Waals surface area contributed by atoms with Crippen LogP contribution in [0.2, 0.25) is 0 Å². The van der Waals surface area contributed by atoms with Crippen LogP contribution in [0.3, 0.4) is 0 Å². The number of fused-ring (bicyclic) bond motifs is 1. The average Bonchev–Trinajstić information content (AvgIpc) is 2.73. The van der Waals surface area contributed by atoms with Crippen LogP contribution in [0, 0.1) is 23.2 Å². The number of carbonyl (C=O) groups is 2. The molecular formula is C14H24N2O2. The molecule has 102 valence electrons. The summed E-state index contributed by atoms with van der Waals surface area (Å²) in [6.07, 6.45) is 0. The molecular weight excluding hydrogens is 228 g/mol. The third-order valence-corrected chi connectivity index (χ3v) is 4.26. The molecule has 2 aliphatic rings. The highest BCUT2D eigenvalue weighted by molar-refractivity contribution is 6.10. The summed E-state index contributed by atoms with van der Waals surface area (Å²) in [6, 6.07) is 0.435. The van der Waals surface area contributed by atoms with Gasteiger partial charge >= 0.3 is 0 Å². The Morgan fingerprint density at radius 2 is 1.67 bits per heavy atom. The summed E-state index contributed by atoms with van der Waals surface area (Å²) in [5, 5.41) is 3.34. The number of hydrogen-bond donors (Lipinski definition) is 1. The Hall–Kier alpha value is -0.900. The van der Waals surface area contributed by atoms with Crippen molar-refractivity contribution in [2.24, 2.45) is 23.2 Å². The third kappa shape index (κ3) is 2.07. The summed E-state index contributed by atoms with van der Waals surface area (Å²) in [6.45, 7) is 11.7. The van der Waals surface area contributed by atoms with E-state index in [-0.39, 0.29) is 29.1 Å². The van der Waals surface area contributed by atoms with Crippen molar-refractivity contribution in [2.45, 2.75) is 40.7 Å². The summed E-state index contributed by atoms with van der Waals surface area (Å²) < 4.78 is 0. The maximum Gasteiger partial charge on any atom is 0.233 e. The maximum absolute atomic E-state index is 12.1. The first kappa shape index (κ1) is 13.5. The van der Waals surface area contributed by atoms with Gasteiger partial charge in [-0.05, 0) is 17.9 Å². The van der Waals surface area contributed by atoms with Gasteiger partial charge in [-0.1, -0.05) is 34.6 Å². The van der Waals surface area contributed by atoms with Crippen LogP contribution in [0.5, 0.6) is 0 Å². The van der Waals surface area contributed by atoms with Crippen molar-refractivity contribution in [3.05, 3.63) is 0 Å². The molecule has 2 rings (SSSR count). The van der Waals surface area contributed by atoms with Crippen molar-refractivity contribution < 1.29 is 9.59 Å². The predicted molar refractivity (Wildman–Crippen MR) is 69.8 cm³/mol. The van der Waals surface area contributed by atoms with Crippen molar-refractivity contribution in [3.63, 3.8) is 0 Å². The van der Waals surface area contributed by atoms with Crippen molar-refractivity contribution >= 4 is 11.8 Å². The minimum atomic E-state index is -0.0932. The number of likely N-dealkylation sites (tertiary alicyclic amines) is 1. The van der Waals surface area contributed by atoms with Crippen LogP contribution in [-0.4, -0.2) is 35.8 Å². The van der Waals surface area contributed by atoms with Gasteiger partial charge in [-0.2, -0.15) is 0 Å². The Labute approximate surface area is 109 Å². The lowest BCUT2D eigenvalue weighted by molar-refractivity contribution is -0.143. The van der Waals surface area contributed by atoms with Gasteiger partial charge in [0, 0.05) is 12.6 Å². The van der Waals surface area contributed by atoms with Crippen molar-refractivity contribution in [1.82, 2.24) is 10.2 Å². The molecule has 0 spiro atoms. The molecule has 2 amide bonds. The topological polar surface area (TPSA) is 49.4 Å². The highest BCUT2D eigenvalue weighted by Gasteiger charge is 2.72. The van der Waals surface area contributed by atoms with E-state index in [1.807, 2.05) is 13.8 Å². The van der Waals surface area contributed by atoms with Gasteiger partial charge in [-0.25, -0.2) is 0 Å². The van der Waals surface area contributed by atoms with Crippen LogP contribution in [0.1, 0.15) is 34.6 Å². The lowest BCUT2D eigenvalue weighted by Crippen LogP contribution is -2.41. The first-order valence-electron chi connectivity index (χ1n) is 6.85. The van der Waals surface area contributed by atoms with E-state index in [9.17, 15) is 9.59 Å². The Kier molecular flexibility index (Phi) is 3.26. The van der Waals surface area contributed by atoms with Gasteiger partial charge < -0.3 is 5.32 Å². The van der Waals surface area contributed by atoms with Crippen LogP contribution < -0.4 is 5.32 Å². The molecule has 0 radical (unpaired) electrons. The third-order valence-electron chi connectivity index (χ3n) is 4.26. The first-order valence-corrected chi connectivity index (χ1v) is 6.85. The quantitative estimate of drug-likeness (QED) is 0.749. The van der Waals surface area contributed by atoms with Crippen molar-refractivity contribution in [2.75, 3.05) is 13.1 Å². The van der Waals surface area contributed by atoms with Crippen LogP contribution >= 0.6 is 0 Å². The summed E-state index contributed by atoms with van der Waals surface area (Å²) in [5.41, 5.74) is -0.0932. The van der Waals surface area contributed by atoms with Crippen LogP contribution in [0.15, 0.2) is 0 Å². The average molecular weight is 252 g/mol. The van der Waals surface area contributed by atoms with E-state index < -0.39 is 0 Å². The van der Waals surface area contributed by atoms with Gasteiger partial charge in [-0.15, -0.1) is 0 Å². The van der Waals surface area contributed by atoms with E-state index >= 15 is 0 Å². The molecule has 1 heterocycles. The van der Waals surface area contributed by atoms with Gasteiger partial charge in [-0.3, -0.25) is 14.5 Å². The highest BCUT2D eigenvalue weighted by atomic mass is 16.2. The molecule has 0 aromatic carbocycles. The number of amides is 2. The lowest BCUT2D eigenvalue weighted by atomic mass is 10.0. The Bertz CT molecular complexity index is 352. The zero-order valence-corrected chi connectivity index (χ0v) is 12.0. The van der Waals surface area contributed by atoms with Crippen LogP contribution in [0.25, 0.3) is 0 Å². The van der Waals surface area contributed by atoms with Gasteiger partial charge in [0.15, 0.2) is 0 Å². The van der Waals surface area contributed by atoms with E-state index in [2.05, 4.69) is 26.1 Å². The minimum absolute atomic E-state index is 0.0461. The summed E-state index contributed by atoms with van der Waals surface area (Å²) in [4.78, 5) is 25.7. The smallest absolute Gasteiger partial charge is 0.233 e. The molecule has 4 nitrogen and oxygen atoms in total. The fourth-order valence-electron chi connectivity index (χ4n) is 3.00. The van der Waals surface area contributed by atoms with Crippen molar-refractivity contribution in [3.8, 4) is 0 Å². The molecule has 0 bridgehead atoms. The molecule has 1 aliphatic carbocycles. The van der Waals surface area contributed by atoms with Crippen LogP contribution in [-0.2, 0) is 9.59 Å². The second-order valence-electron chi connectivity index (χ2n) is 6.73. The molecule has 2 fully saturated rings. The largest absolute Gasteiger partial charge is 0.314 e. The summed E-state index contributed by atoms with van der Waals surface area (Å²) >= 11 is 0. The molecule has 0 aromatic rings. The Morgan fingerprint density at radius 1 is 1.17 bits per heavy atom. The highest BCUT2D eigenvalue weighted by Crippen LogP contribution is 2.63. The van der Waals surface area contributed by atoms with E-state index in [1.54, 1.807) is 0 Å². The number of imide groups is 1. The SMILES string of the molecule is CC(CNC(C)C)CN1C(=O)C2C(C1=O)C2(C)C. The number of piperidine rings is 1. The van der Waals surface area contributed by atoms with Gasteiger partial charge in [0.25, 0.3) is 0 Å². The minimum Gasteiger partial charge on any atom is -0.314 e. The predicted octanol–water partition coefficient (Wildman–Crippen LogP) is 1.26. The lowest BCUT2D eigenvalue weighted by Gasteiger charge is -2.24. The fourth-order valence-corrected chi connectivity index (χ4v) is 3.00. The van der Waals surface area contributed by atoms with Crippen LogP contribution in [0.4, 0.5) is 0 Å². The van der Waals surface area contributed by atoms with E-state index in [0.29, 0.717) is 18.5 Å². The zero-order valence-electron chi connectivity index (χ0n) is 12.0. The molecule has 0 aromatic heterocycles. The summed E-state index contributed by atoms with van der Waals surface area (Å²) in [5.74, 6) is 0.309. The maximum atomic E-state index is 12.1. The first-order chi connectivity index (χ1) is 8.26. The van der Waals surface area contributed by atoms with Crippen molar-refractivity contribution in [1.29, 1.82) is 0 Å². The van der Waals surface area contributed by atoms with E-state index in [1.165, 1.54) is 4.90 Å². The molecule has 1 N–H and O–H groups in total. The standard InChI is InChI=1S/C14H24N2O2/c1-8(2)15-6-9(3)7-16-12(17)10-11(13(16)18)14(10,4)5/h8-11,15H,6-7H2,1-5H3. The normalized spacial score (nSPS) is 30.9. The van der Waals surface area contributed by atoms with Gasteiger partial charge in [0.2, 0.25) is 11.8 Å².